The topological polar surface area (TPSA) is 47.6 Å². The zero-order chi connectivity index (χ0) is 16.6. The molecule has 23 heavy (non-hydrogen) atoms. The molecule has 1 aliphatic rings. The molecule has 1 heterocycles. The highest BCUT2D eigenvalue weighted by molar-refractivity contribution is 9.10. The SMILES string of the molecule is COc1ccc(OC)c(C=C2C(=O)Nc3ccc(Br)c(C)c32)c1. The first kappa shape index (κ1) is 15.6. The van der Waals surface area contributed by atoms with Gasteiger partial charge in [0.05, 0.1) is 19.8 Å². The molecule has 0 fully saturated rings. The number of carbonyl (C=O) groups is 1. The van der Waals surface area contributed by atoms with Crippen molar-refractivity contribution in [3.63, 3.8) is 0 Å². The number of carbonyl (C=O) groups excluding carboxylic acids is 1. The average molecular weight is 374 g/mol. The van der Waals surface area contributed by atoms with Crippen LogP contribution < -0.4 is 14.8 Å². The van der Waals surface area contributed by atoms with Gasteiger partial charge in [0.1, 0.15) is 11.5 Å². The molecule has 118 valence electrons. The minimum absolute atomic E-state index is 0.119. The molecule has 0 spiro atoms. The number of hydrogen-bond donors (Lipinski definition) is 1. The fourth-order valence-corrected chi connectivity index (χ4v) is 3.02. The highest BCUT2D eigenvalue weighted by Gasteiger charge is 2.27. The highest BCUT2D eigenvalue weighted by Crippen LogP contribution is 2.39. The lowest BCUT2D eigenvalue weighted by atomic mass is 9.99. The van der Waals surface area contributed by atoms with Crippen LogP contribution >= 0.6 is 15.9 Å². The Balaban J connectivity index is 2.19. The van der Waals surface area contributed by atoms with Gasteiger partial charge in [0.15, 0.2) is 0 Å². The van der Waals surface area contributed by atoms with Crippen molar-refractivity contribution in [3.8, 4) is 11.5 Å². The molecule has 0 atom stereocenters. The summed E-state index contributed by atoms with van der Waals surface area (Å²) in [6.45, 7) is 1.99. The largest absolute Gasteiger partial charge is 0.497 e. The lowest BCUT2D eigenvalue weighted by Gasteiger charge is -2.09. The lowest BCUT2D eigenvalue weighted by molar-refractivity contribution is -0.110. The Hall–Kier alpha value is -2.27. The second kappa shape index (κ2) is 6.08. The van der Waals surface area contributed by atoms with Crippen molar-refractivity contribution in [3.05, 3.63) is 51.5 Å². The van der Waals surface area contributed by atoms with E-state index in [4.69, 9.17) is 9.47 Å². The molecule has 0 saturated carbocycles. The molecule has 2 aromatic rings. The highest BCUT2D eigenvalue weighted by atomic mass is 79.9. The Labute approximate surface area is 143 Å². The van der Waals surface area contributed by atoms with Crippen molar-refractivity contribution in [1.29, 1.82) is 0 Å². The predicted molar refractivity (Wildman–Crippen MR) is 94.9 cm³/mol. The summed E-state index contributed by atoms with van der Waals surface area (Å²) >= 11 is 3.52. The summed E-state index contributed by atoms with van der Waals surface area (Å²) in [5, 5.41) is 2.90. The molecule has 0 unspecified atom stereocenters. The maximum atomic E-state index is 12.4. The van der Waals surface area contributed by atoms with Crippen molar-refractivity contribution >= 4 is 39.2 Å². The summed E-state index contributed by atoms with van der Waals surface area (Å²) in [4.78, 5) is 12.4. The first-order chi connectivity index (χ1) is 11.0. The number of hydrogen-bond acceptors (Lipinski definition) is 3. The molecule has 3 rings (SSSR count). The fourth-order valence-electron chi connectivity index (χ4n) is 2.69. The molecule has 4 nitrogen and oxygen atoms in total. The number of fused-ring (bicyclic) bond motifs is 1. The van der Waals surface area contributed by atoms with Gasteiger partial charge in [0, 0.05) is 21.3 Å². The van der Waals surface area contributed by atoms with Crippen LogP contribution in [-0.2, 0) is 4.79 Å². The summed E-state index contributed by atoms with van der Waals surface area (Å²) in [5.41, 5.74) is 4.17. The Morgan fingerprint density at radius 2 is 1.91 bits per heavy atom. The number of rotatable bonds is 3. The first-order valence-corrected chi connectivity index (χ1v) is 7.89. The third-order valence-corrected chi connectivity index (χ3v) is 4.76. The summed E-state index contributed by atoms with van der Waals surface area (Å²) in [5.74, 6) is 1.28. The van der Waals surface area contributed by atoms with E-state index in [1.807, 2.05) is 43.3 Å². The van der Waals surface area contributed by atoms with Crippen LogP contribution in [0.4, 0.5) is 5.69 Å². The minimum Gasteiger partial charge on any atom is -0.497 e. The van der Waals surface area contributed by atoms with Gasteiger partial charge in [0.2, 0.25) is 0 Å². The molecule has 0 radical (unpaired) electrons. The van der Waals surface area contributed by atoms with Gasteiger partial charge < -0.3 is 14.8 Å². The van der Waals surface area contributed by atoms with Gasteiger partial charge in [-0.2, -0.15) is 0 Å². The molecule has 0 saturated heterocycles. The van der Waals surface area contributed by atoms with Crippen molar-refractivity contribution in [1.82, 2.24) is 0 Å². The van der Waals surface area contributed by atoms with E-state index >= 15 is 0 Å². The van der Waals surface area contributed by atoms with Crippen LogP contribution in [0.5, 0.6) is 11.5 Å². The number of anilines is 1. The molecule has 1 aliphatic heterocycles. The maximum absolute atomic E-state index is 12.4. The number of halogens is 1. The van der Waals surface area contributed by atoms with Crippen LogP contribution in [0.15, 0.2) is 34.8 Å². The lowest BCUT2D eigenvalue weighted by Crippen LogP contribution is -2.03. The third-order valence-electron chi connectivity index (χ3n) is 3.90. The number of nitrogens with one attached hydrogen (secondary N) is 1. The second-order valence-corrected chi connectivity index (χ2v) is 6.07. The minimum atomic E-state index is -0.119. The molecule has 5 heteroatoms. The average Bonchev–Trinajstić information content (AvgIpc) is 2.87. The molecule has 1 N–H and O–H groups in total. The Morgan fingerprint density at radius 1 is 1.13 bits per heavy atom. The quantitative estimate of drug-likeness (QED) is 0.817. The van der Waals surface area contributed by atoms with E-state index < -0.39 is 0 Å². The van der Waals surface area contributed by atoms with Crippen LogP contribution in [0.25, 0.3) is 11.6 Å². The van der Waals surface area contributed by atoms with Gasteiger partial charge >= 0.3 is 0 Å². The van der Waals surface area contributed by atoms with E-state index in [-0.39, 0.29) is 5.91 Å². The molecular formula is C18H16BrNO3. The van der Waals surface area contributed by atoms with E-state index in [1.165, 1.54) is 0 Å². The van der Waals surface area contributed by atoms with Gasteiger partial charge in [-0.25, -0.2) is 0 Å². The Morgan fingerprint density at radius 3 is 2.61 bits per heavy atom. The predicted octanol–water partition coefficient (Wildman–Crippen LogP) is 4.27. The molecular weight excluding hydrogens is 358 g/mol. The molecule has 1 amide bonds. The van der Waals surface area contributed by atoms with E-state index in [1.54, 1.807) is 14.2 Å². The van der Waals surface area contributed by atoms with E-state index in [9.17, 15) is 4.79 Å². The monoisotopic (exact) mass is 373 g/mol. The first-order valence-electron chi connectivity index (χ1n) is 7.09. The van der Waals surface area contributed by atoms with E-state index in [0.717, 1.165) is 26.9 Å². The summed E-state index contributed by atoms with van der Waals surface area (Å²) in [6, 6.07) is 9.33. The van der Waals surface area contributed by atoms with E-state index in [2.05, 4.69) is 21.2 Å². The summed E-state index contributed by atoms with van der Waals surface area (Å²) in [6.07, 6.45) is 1.84. The van der Waals surface area contributed by atoms with Crippen LogP contribution in [0, 0.1) is 6.92 Å². The van der Waals surface area contributed by atoms with Gasteiger partial charge in [0.25, 0.3) is 5.91 Å². The van der Waals surface area contributed by atoms with Crippen molar-refractivity contribution in [2.75, 3.05) is 19.5 Å². The van der Waals surface area contributed by atoms with Crippen LogP contribution in [-0.4, -0.2) is 20.1 Å². The van der Waals surface area contributed by atoms with Crippen LogP contribution in [0.3, 0.4) is 0 Å². The summed E-state index contributed by atoms with van der Waals surface area (Å²) < 4.78 is 11.6. The van der Waals surface area contributed by atoms with Gasteiger partial charge in [-0.3, -0.25) is 4.79 Å². The van der Waals surface area contributed by atoms with E-state index in [0.29, 0.717) is 17.1 Å². The molecule has 0 bridgehead atoms. The van der Waals surface area contributed by atoms with Crippen molar-refractivity contribution in [2.24, 2.45) is 0 Å². The number of benzene rings is 2. The summed E-state index contributed by atoms with van der Waals surface area (Å²) in [7, 11) is 3.21. The van der Waals surface area contributed by atoms with Gasteiger partial charge in [-0.1, -0.05) is 15.9 Å². The normalized spacial score (nSPS) is 14.6. The van der Waals surface area contributed by atoms with Crippen molar-refractivity contribution in [2.45, 2.75) is 6.92 Å². The maximum Gasteiger partial charge on any atom is 0.256 e. The molecule has 2 aromatic carbocycles. The zero-order valence-electron chi connectivity index (χ0n) is 13.1. The fraction of sp³-hybridized carbons (Fsp3) is 0.167. The Kier molecular flexibility index (Phi) is 4.13. The van der Waals surface area contributed by atoms with Crippen molar-refractivity contribution < 1.29 is 14.3 Å². The molecule has 0 aromatic heterocycles. The zero-order valence-corrected chi connectivity index (χ0v) is 14.7. The Bertz CT molecular complexity index is 827. The van der Waals surface area contributed by atoms with Gasteiger partial charge in [-0.15, -0.1) is 0 Å². The second-order valence-electron chi connectivity index (χ2n) is 5.21. The van der Waals surface area contributed by atoms with Crippen LogP contribution in [0.2, 0.25) is 0 Å². The van der Waals surface area contributed by atoms with Crippen LogP contribution in [0.1, 0.15) is 16.7 Å². The van der Waals surface area contributed by atoms with Gasteiger partial charge in [-0.05, 0) is 48.9 Å². The number of methoxy groups -OCH3 is 2. The smallest absolute Gasteiger partial charge is 0.256 e. The number of amides is 1. The molecule has 0 aliphatic carbocycles. The number of ether oxygens (including phenoxy) is 2. The third kappa shape index (κ3) is 2.72. The standard InChI is InChI=1S/C18H16BrNO3/c1-10-14(19)5-6-15-17(10)13(18(21)20-15)9-11-8-12(22-2)4-7-16(11)23-3/h4-9H,1-3H3,(H,20,21).